The van der Waals surface area contributed by atoms with Crippen molar-refractivity contribution in [3.8, 4) is 0 Å². The Labute approximate surface area is 127 Å². The molecule has 3 N–H and O–H groups in total. The minimum atomic E-state index is -0.985. The monoisotopic (exact) mass is 306 g/mol. The van der Waals surface area contributed by atoms with E-state index in [2.05, 4.69) is 5.32 Å². The Hall–Kier alpha value is -2.22. The maximum Gasteiger partial charge on any atom is 0.269 e. The van der Waals surface area contributed by atoms with Gasteiger partial charge in [-0.2, -0.15) is 0 Å². The van der Waals surface area contributed by atoms with Crippen LogP contribution >= 0.6 is 0 Å². The summed E-state index contributed by atoms with van der Waals surface area (Å²) in [7, 11) is 0. The molecular formula is C15H18N2O5. The Balaban J connectivity index is 2.03. The number of benzene rings is 1. The molecule has 0 aliphatic heterocycles. The highest BCUT2D eigenvalue weighted by Gasteiger charge is 2.21. The summed E-state index contributed by atoms with van der Waals surface area (Å²) in [6.07, 6.45) is 0.591. The first-order chi connectivity index (χ1) is 10.5. The lowest BCUT2D eigenvalue weighted by molar-refractivity contribution is -0.384. The number of nitro benzene ring substituents is 1. The highest BCUT2D eigenvalue weighted by atomic mass is 16.6. The van der Waals surface area contributed by atoms with E-state index in [4.69, 9.17) is 4.42 Å². The fraction of sp³-hybridized carbons (Fsp3) is 0.333. The van der Waals surface area contributed by atoms with Crippen LogP contribution in [0.3, 0.4) is 0 Å². The molecule has 2 aromatic rings. The normalized spacial score (nSPS) is 13.8. The first-order valence-electron chi connectivity index (χ1n) is 6.82. The lowest BCUT2D eigenvalue weighted by Gasteiger charge is -2.22. The Morgan fingerprint density at radius 2 is 2.00 bits per heavy atom. The molecule has 1 heterocycles. The van der Waals surface area contributed by atoms with Gasteiger partial charge in [0.05, 0.1) is 36.5 Å². The van der Waals surface area contributed by atoms with Crippen molar-refractivity contribution >= 4 is 5.69 Å². The van der Waals surface area contributed by atoms with Crippen molar-refractivity contribution in [3.05, 3.63) is 63.6 Å². The van der Waals surface area contributed by atoms with E-state index in [-0.39, 0.29) is 12.3 Å². The Morgan fingerprint density at radius 3 is 2.50 bits per heavy atom. The van der Waals surface area contributed by atoms with Crippen molar-refractivity contribution in [1.29, 1.82) is 0 Å². The van der Waals surface area contributed by atoms with Crippen molar-refractivity contribution < 1.29 is 19.6 Å². The first-order valence-corrected chi connectivity index (χ1v) is 6.82. The molecule has 118 valence electrons. The molecule has 0 amide bonds. The van der Waals surface area contributed by atoms with E-state index >= 15 is 0 Å². The Bertz CT molecular complexity index is 623. The third-order valence-corrected chi connectivity index (χ3v) is 3.52. The van der Waals surface area contributed by atoms with E-state index in [1.54, 1.807) is 6.26 Å². The Kier molecular flexibility index (Phi) is 5.26. The molecule has 0 bridgehead atoms. The smallest absolute Gasteiger partial charge is 0.269 e. The molecule has 2 rings (SSSR count). The predicted molar refractivity (Wildman–Crippen MR) is 79.2 cm³/mol. The van der Waals surface area contributed by atoms with Gasteiger partial charge in [-0.3, -0.25) is 10.1 Å². The lowest BCUT2D eigenvalue weighted by atomic mass is 10.0. The zero-order valence-electron chi connectivity index (χ0n) is 12.1. The van der Waals surface area contributed by atoms with Crippen LogP contribution in [-0.2, 0) is 6.54 Å². The maximum atomic E-state index is 10.6. The minimum Gasteiger partial charge on any atom is -0.468 e. The van der Waals surface area contributed by atoms with Crippen LogP contribution in [0.1, 0.15) is 23.0 Å². The molecule has 0 spiro atoms. The summed E-state index contributed by atoms with van der Waals surface area (Å²) in [6, 6.07) is 6.83. The predicted octanol–water partition coefficient (Wildman–Crippen LogP) is 1.68. The van der Waals surface area contributed by atoms with Gasteiger partial charge in [0.1, 0.15) is 5.76 Å². The summed E-state index contributed by atoms with van der Waals surface area (Å²) in [4.78, 5) is 10.1. The number of hydrogen-bond acceptors (Lipinski definition) is 6. The van der Waals surface area contributed by atoms with Crippen LogP contribution in [0.15, 0.2) is 41.0 Å². The van der Waals surface area contributed by atoms with E-state index in [1.165, 1.54) is 24.3 Å². The molecule has 1 aromatic heterocycles. The van der Waals surface area contributed by atoms with Gasteiger partial charge in [0.25, 0.3) is 5.69 Å². The average molecular weight is 306 g/mol. The van der Waals surface area contributed by atoms with Crippen LogP contribution in [0.25, 0.3) is 0 Å². The van der Waals surface area contributed by atoms with Crippen LogP contribution in [0.5, 0.6) is 0 Å². The second-order valence-corrected chi connectivity index (χ2v) is 4.99. The van der Waals surface area contributed by atoms with Gasteiger partial charge in [-0.15, -0.1) is 0 Å². The van der Waals surface area contributed by atoms with E-state index in [0.717, 1.165) is 11.3 Å². The van der Waals surface area contributed by atoms with Crippen LogP contribution in [0.2, 0.25) is 0 Å². The summed E-state index contributed by atoms with van der Waals surface area (Å²) < 4.78 is 5.29. The molecule has 0 fully saturated rings. The molecule has 0 saturated carbocycles. The maximum absolute atomic E-state index is 10.6. The van der Waals surface area contributed by atoms with Gasteiger partial charge in [-0.05, 0) is 36.2 Å². The fourth-order valence-electron chi connectivity index (χ4n) is 2.11. The Morgan fingerprint density at radius 1 is 1.32 bits per heavy atom. The average Bonchev–Trinajstić information content (AvgIpc) is 2.93. The largest absolute Gasteiger partial charge is 0.468 e. The number of non-ortho nitro benzene ring substituents is 1. The van der Waals surface area contributed by atoms with E-state index < -0.39 is 17.1 Å². The number of aryl methyl sites for hydroxylation is 1. The van der Waals surface area contributed by atoms with Crippen LogP contribution < -0.4 is 5.32 Å². The molecule has 2 atom stereocenters. The second kappa shape index (κ2) is 7.17. The molecular weight excluding hydrogens is 288 g/mol. The van der Waals surface area contributed by atoms with Gasteiger partial charge < -0.3 is 19.9 Å². The number of nitro groups is 1. The lowest BCUT2D eigenvalue weighted by Crippen LogP contribution is -2.37. The summed E-state index contributed by atoms with van der Waals surface area (Å²) in [5.41, 5.74) is 1.43. The number of furan rings is 1. The van der Waals surface area contributed by atoms with Crippen molar-refractivity contribution in [2.45, 2.75) is 25.6 Å². The van der Waals surface area contributed by atoms with Gasteiger partial charge >= 0.3 is 0 Å². The molecule has 0 saturated heterocycles. The molecule has 0 unspecified atom stereocenters. The fourth-order valence-corrected chi connectivity index (χ4v) is 2.11. The van der Waals surface area contributed by atoms with E-state index in [1.807, 2.05) is 13.0 Å². The van der Waals surface area contributed by atoms with Crippen molar-refractivity contribution in [3.63, 3.8) is 0 Å². The molecule has 0 radical (unpaired) electrons. The van der Waals surface area contributed by atoms with Crippen molar-refractivity contribution in [2.75, 3.05) is 6.61 Å². The standard InChI is InChI=1S/C15H18N2O5/c1-10-6-7-22-14(10)8-16-13(9-18)15(19)11-2-4-12(5-3-11)17(20)21/h2-7,13,15-16,18-19H,8-9H2,1H3/t13-,15+/m1/s1. The third kappa shape index (κ3) is 3.70. The van der Waals surface area contributed by atoms with Gasteiger partial charge in [-0.25, -0.2) is 0 Å². The van der Waals surface area contributed by atoms with E-state index in [9.17, 15) is 20.3 Å². The first kappa shape index (κ1) is 16.2. The number of aliphatic hydroxyl groups is 2. The molecule has 22 heavy (non-hydrogen) atoms. The third-order valence-electron chi connectivity index (χ3n) is 3.52. The summed E-state index contributed by atoms with van der Waals surface area (Å²) in [5.74, 6) is 0.731. The number of rotatable bonds is 7. The SMILES string of the molecule is Cc1ccoc1CN[C@H](CO)[C@@H](O)c1ccc([N+](=O)[O-])cc1. The second-order valence-electron chi connectivity index (χ2n) is 4.99. The number of nitrogens with zero attached hydrogens (tertiary/aromatic N) is 1. The van der Waals surface area contributed by atoms with Gasteiger partial charge in [0.15, 0.2) is 0 Å². The van der Waals surface area contributed by atoms with Crippen molar-refractivity contribution in [2.24, 2.45) is 0 Å². The molecule has 0 aliphatic rings. The van der Waals surface area contributed by atoms with Gasteiger partial charge in [-0.1, -0.05) is 0 Å². The molecule has 7 heteroatoms. The topological polar surface area (TPSA) is 109 Å². The quantitative estimate of drug-likeness (QED) is 0.530. The summed E-state index contributed by atoms with van der Waals surface area (Å²) >= 11 is 0. The number of aliphatic hydroxyl groups excluding tert-OH is 2. The van der Waals surface area contributed by atoms with Gasteiger partial charge in [0.2, 0.25) is 0 Å². The zero-order chi connectivity index (χ0) is 16.1. The molecule has 0 aliphatic carbocycles. The minimum absolute atomic E-state index is 0.0457. The zero-order valence-corrected chi connectivity index (χ0v) is 12.1. The highest BCUT2D eigenvalue weighted by molar-refractivity contribution is 5.34. The van der Waals surface area contributed by atoms with Crippen LogP contribution in [0, 0.1) is 17.0 Å². The van der Waals surface area contributed by atoms with Crippen LogP contribution in [0.4, 0.5) is 5.69 Å². The van der Waals surface area contributed by atoms with Crippen molar-refractivity contribution in [1.82, 2.24) is 5.32 Å². The number of nitrogens with one attached hydrogen (secondary N) is 1. The van der Waals surface area contributed by atoms with E-state index in [0.29, 0.717) is 12.1 Å². The highest BCUT2D eigenvalue weighted by Crippen LogP contribution is 2.21. The van der Waals surface area contributed by atoms with Crippen LogP contribution in [-0.4, -0.2) is 27.8 Å². The van der Waals surface area contributed by atoms with Gasteiger partial charge in [0, 0.05) is 12.1 Å². The number of hydrogen-bond donors (Lipinski definition) is 3. The summed E-state index contributed by atoms with van der Waals surface area (Å²) in [6.45, 7) is 1.99. The summed E-state index contributed by atoms with van der Waals surface area (Å²) in [5, 5.41) is 33.4. The molecule has 7 nitrogen and oxygen atoms in total. The molecule has 1 aromatic carbocycles.